The molecule has 0 radical (unpaired) electrons. The molecule has 12 heavy (non-hydrogen) atoms. The number of aliphatic carboxylic acids is 1. The van der Waals surface area contributed by atoms with Gasteiger partial charge in [-0.05, 0) is 18.1 Å². The maximum Gasteiger partial charge on any atom is 0.309 e. The topological polar surface area (TPSA) is 70.7 Å². The number of hydrogen-bond acceptors (Lipinski definition) is 3. The molecule has 0 aliphatic heterocycles. The van der Waals surface area contributed by atoms with Crippen molar-refractivity contribution in [3.8, 4) is 0 Å². The summed E-state index contributed by atoms with van der Waals surface area (Å²) >= 11 is 0. The molecule has 4 heteroatoms. The third kappa shape index (κ3) is 2.10. The van der Waals surface area contributed by atoms with Crippen molar-refractivity contribution in [3.05, 3.63) is 24.2 Å². The van der Waals surface area contributed by atoms with Crippen LogP contribution in [0.5, 0.6) is 0 Å². The number of aliphatic hydroxyl groups is 1. The first kappa shape index (κ1) is 8.80. The van der Waals surface area contributed by atoms with E-state index < -0.39 is 11.9 Å². The van der Waals surface area contributed by atoms with Crippen molar-refractivity contribution in [3.63, 3.8) is 0 Å². The van der Waals surface area contributed by atoms with Gasteiger partial charge in [-0.3, -0.25) is 4.79 Å². The van der Waals surface area contributed by atoms with Gasteiger partial charge in [-0.15, -0.1) is 0 Å². The second-order valence-electron chi connectivity index (χ2n) is 2.55. The Morgan fingerprint density at radius 3 is 2.83 bits per heavy atom. The number of carboxylic acids is 1. The summed E-state index contributed by atoms with van der Waals surface area (Å²) in [4.78, 5) is 10.5. The van der Waals surface area contributed by atoms with Crippen LogP contribution in [-0.4, -0.2) is 22.8 Å². The van der Waals surface area contributed by atoms with E-state index in [1.807, 2.05) is 0 Å². The molecule has 66 valence electrons. The fourth-order valence-corrected chi connectivity index (χ4v) is 0.923. The lowest BCUT2D eigenvalue weighted by molar-refractivity contribution is -0.143. The maximum absolute atomic E-state index is 10.5. The molecule has 1 heterocycles. The van der Waals surface area contributed by atoms with Crippen molar-refractivity contribution in [2.45, 2.75) is 6.42 Å². The zero-order valence-corrected chi connectivity index (χ0v) is 6.43. The molecule has 1 aromatic rings. The molecule has 0 saturated heterocycles. The van der Waals surface area contributed by atoms with Crippen molar-refractivity contribution in [2.75, 3.05) is 6.61 Å². The van der Waals surface area contributed by atoms with Crippen LogP contribution in [-0.2, 0) is 11.2 Å². The van der Waals surface area contributed by atoms with Gasteiger partial charge in [-0.2, -0.15) is 0 Å². The van der Waals surface area contributed by atoms with E-state index in [1.165, 1.54) is 12.5 Å². The summed E-state index contributed by atoms with van der Waals surface area (Å²) in [6.45, 7) is -0.347. The molecule has 0 saturated carbocycles. The van der Waals surface area contributed by atoms with Crippen LogP contribution < -0.4 is 0 Å². The van der Waals surface area contributed by atoms with Crippen LogP contribution in [0.1, 0.15) is 5.56 Å². The van der Waals surface area contributed by atoms with Crippen molar-refractivity contribution < 1.29 is 19.4 Å². The van der Waals surface area contributed by atoms with Crippen LogP contribution in [0.2, 0.25) is 0 Å². The summed E-state index contributed by atoms with van der Waals surface area (Å²) in [6, 6.07) is 1.69. The fraction of sp³-hybridized carbons (Fsp3) is 0.375. The van der Waals surface area contributed by atoms with Crippen molar-refractivity contribution in [1.82, 2.24) is 0 Å². The number of rotatable bonds is 4. The van der Waals surface area contributed by atoms with Gasteiger partial charge in [0.15, 0.2) is 0 Å². The molecule has 0 fully saturated rings. The van der Waals surface area contributed by atoms with Gasteiger partial charge in [0, 0.05) is 0 Å². The van der Waals surface area contributed by atoms with Gasteiger partial charge in [0.25, 0.3) is 0 Å². The molecule has 0 aliphatic rings. The van der Waals surface area contributed by atoms with Crippen LogP contribution in [0.15, 0.2) is 23.0 Å². The Hall–Kier alpha value is -1.29. The second-order valence-corrected chi connectivity index (χ2v) is 2.55. The molecular formula is C8H10O4. The van der Waals surface area contributed by atoms with E-state index in [-0.39, 0.29) is 6.61 Å². The van der Waals surface area contributed by atoms with E-state index in [2.05, 4.69) is 0 Å². The van der Waals surface area contributed by atoms with Gasteiger partial charge in [-0.25, -0.2) is 0 Å². The highest BCUT2D eigenvalue weighted by molar-refractivity contribution is 5.70. The molecule has 0 aromatic carbocycles. The van der Waals surface area contributed by atoms with Crippen LogP contribution in [0.3, 0.4) is 0 Å². The Labute approximate surface area is 69.4 Å². The molecule has 1 atom stereocenters. The second kappa shape index (κ2) is 3.92. The van der Waals surface area contributed by atoms with Crippen molar-refractivity contribution in [1.29, 1.82) is 0 Å². The average Bonchev–Trinajstić information content (AvgIpc) is 2.51. The van der Waals surface area contributed by atoms with Gasteiger partial charge in [0.1, 0.15) is 0 Å². The Balaban J connectivity index is 2.54. The first-order chi connectivity index (χ1) is 5.74. The van der Waals surface area contributed by atoms with E-state index in [0.29, 0.717) is 6.42 Å². The predicted molar refractivity (Wildman–Crippen MR) is 40.6 cm³/mol. The largest absolute Gasteiger partial charge is 0.481 e. The van der Waals surface area contributed by atoms with E-state index in [0.717, 1.165) is 5.56 Å². The van der Waals surface area contributed by atoms with E-state index in [1.54, 1.807) is 6.07 Å². The first-order valence-corrected chi connectivity index (χ1v) is 3.58. The van der Waals surface area contributed by atoms with E-state index in [9.17, 15) is 4.79 Å². The third-order valence-corrected chi connectivity index (χ3v) is 1.63. The molecule has 0 spiro atoms. The van der Waals surface area contributed by atoms with E-state index >= 15 is 0 Å². The van der Waals surface area contributed by atoms with Crippen LogP contribution in [0, 0.1) is 5.92 Å². The van der Waals surface area contributed by atoms with Gasteiger partial charge in [0.2, 0.25) is 0 Å². The van der Waals surface area contributed by atoms with E-state index in [4.69, 9.17) is 14.6 Å². The van der Waals surface area contributed by atoms with Crippen LogP contribution in [0.25, 0.3) is 0 Å². The van der Waals surface area contributed by atoms with Gasteiger partial charge < -0.3 is 14.6 Å². The molecule has 2 N–H and O–H groups in total. The molecule has 4 nitrogen and oxygen atoms in total. The number of furan rings is 1. The summed E-state index contributed by atoms with van der Waals surface area (Å²) in [5.74, 6) is -1.72. The Morgan fingerprint density at radius 2 is 2.42 bits per heavy atom. The minimum atomic E-state index is -0.987. The Bertz CT molecular complexity index is 240. The lowest BCUT2D eigenvalue weighted by atomic mass is 10.0. The summed E-state index contributed by atoms with van der Waals surface area (Å²) in [7, 11) is 0. The number of carbonyl (C=O) groups is 1. The molecule has 1 aromatic heterocycles. The molecular weight excluding hydrogens is 160 g/mol. The predicted octanol–water partition coefficient (Wildman–Crippen LogP) is 0.515. The lowest BCUT2D eigenvalue weighted by Gasteiger charge is -2.05. The van der Waals surface area contributed by atoms with Crippen LogP contribution in [0.4, 0.5) is 0 Å². The lowest BCUT2D eigenvalue weighted by Crippen LogP contribution is -2.19. The first-order valence-electron chi connectivity index (χ1n) is 3.58. The molecule has 0 unspecified atom stereocenters. The normalized spacial score (nSPS) is 12.8. The van der Waals surface area contributed by atoms with Gasteiger partial charge in [-0.1, -0.05) is 0 Å². The fourth-order valence-electron chi connectivity index (χ4n) is 0.923. The minimum Gasteiger partial charge on any atom is -0.481 e. The standard InChI is InChI=1S/C8H10O4/c9-4-7(8(10)11)3-6-1-2-12-5-6/h1-2,5,7,9H,3-4H2,(H,10,11)/t7-/m1/s1. The molecule has 0 amide bonds. The molecule has 0 aliphatic carbocycles. The number of carboxylic acid groups (broad SMARTS) is 1. The van der Waals surface area contributed by atoms with Gasteiger partial charge >= 0.3 is 5.97 Å². The van der Waals surface area contributed by atoms with Crippen molar-refractivity contribution in [2.24, 2.45) is 5.92 Å². The SMILES string of the molecule is O=C(O)[C@@H](CO)Cc1ccoc1. The maximum atomic E-state index is 10.5. The highest BCUT2D eigenvalue weighted by atomic mass is 16.4. The average molecular weight is 170 g/mol. The summed E-state index contributed by atoms with van der Waals surface area (Å²) < 4.78 is 4.77. The monoisotopic (exact) mass is 170 g/mol. The highest BCUT2D eigenvalue weighted by Crippen LogP contribution is 2.08. The zero-order valence-electron chi connectivity index (χ0n) is 6.43. The number of aliphatic hydroxyl groups excluding tert-OH is 1. The molecule has 1 rings (SSSR count). The summed E-state index contributed by atoms with van der Waals surface area (Å²) in [6.07, 6.45) is 3.26. The summed E-state index contributed by atoms with van der Waals surface area (Å²) in [5, 5.41) is 17.3. The Kier molecular flexibility index (Phi) is 2.88. The highest BCUT2D eigenvalue weighted by Gasteiger charge is 2.16. The summed E-state index contributed by atoms with van der Waals surface area (Å²) in [5.41, 5.74) is 0.788. The van der Waals surface area contributed by atoms with Gasteiger partial charge in [0.05, 0.1) is 25.1 Å². The quantitative estimate of drug-likeness (QED) is 0.690. The Morgan fingerprint density at radius 1 is 1.67 bits per heavy atom. The molecule has 0 bridgehead atoms. The van der Waals surface area contributed by atoms with Crippen LogP contribution >= 0.6 is 0 Å². The third-order valence-electron chi connectivity index (χ3n) is 1.63. The minimum absolute atomic E-state index is 0.308. The smallest absolute Gasteiger partial charge is 0.309 e. The number of hydrogen-bond donors (Lipinski definition) is 2. The van der Waals surface area contributed by atoms with Crippen molar-refractivity contribution >= 4 is 5.97 Å². The zero-order chi connectivity index (χ0) is 8.97.